The monoisotopic (exact) mass is 447 g/mol. The van der Waals surface area contributed by atoms with Crippen LogP contribution in [-0.2, 0) is 13.1 Å². The third-order valence-electron chi connectivity index (χ3n) is 5.15. The molecule has 0 fully saturated rings. The largest absolute Gasteiger partial charge is 0.467 e. The number of halogens is 1. The molecule has 3 aromatic heterocycles. The van der Waals surface area contributed by atoms with Crippen LogP contribution in [0.2, 0.25) is 5.02 Å². The van der Waals surface area contributed by atoms with E-state index in [-0.39, 0.29) is 23.6 Å². The first-order chi connectivity index (χ1) is 15.5. The molecule has 160 valence electrons. The highest BCUT2D eigenvalue weighted by atomic mass is 35.5. The van der Waals surface area contributed by atoms with Gasteiger partial charge in [-0.25, -0.2) is 4.52 Å². The summed E-state index contributed by atoms with van der Waals surface area (Å²) in [6.07, 6.45) is 1.53. The Bertz CT molecular complexity index is 1500. The Labute approximate surface area is 187 Å². The van der Waals surface area contributed by atoms with Gasteiger partial charge in [0.15, 0.2) is 0 Å². The molecular weight excluding hydrogens is 430 g/mol. The number of aryl methyl sites for hydroxylation is 1. The number of carbonyl (C=O) groups excluding carboxylic acids is 1. The van der Waals surface area contributed by atoms with Crippen molar-refractivity contribution in [2.24, 2.45) is 0 Å². The zero-order valence-corrected chi connectivity index (χ0v) is 17.8. The molecule has 1 amide bonds. The molecule has 0 radical (unpaired) electrons. The summed E-state index contributed by atoms with van der Waals surface area (Å²) < 4.78 is 8.29. The topological polar surface area (TPSA) is 94.4 Å². The van der Waals surface area contributed by atoms with Crippen LogP contribution in [0.15, 0.2) is 70.1 Å². The van der Waals surface area contributed by atoms with Crippen LogP contribution in [0, 0.1) is 6.92 Å². The minimum atomic E-state index is -0.492. The molecule has 8 nitrogen and oxygen atoms in total. The van der Waals surface area contributed by atoms with Gasteiger partial charge in [-0.15, -0.1) is 5.10 Å². The summed E-state index contributed by atoms with van der Waals surface area (Å²) in [5.41, 5.74) is 3.04. The summed E-state index contributed by atoms with van der Waals surface area (Å²) in [6, 6.07) is 16.5. The van der Waals surface area contributed by atoms with E-state index in [1.165, 1.54) is 10.8 Å². The van der Waals surface area contributed by atoms with Gasteiger partial charge in [-0.3, -0.25) is 14.2 Å². The number of hydrogen-bond donors (Lipinski definition) is 1. The highest BCUT2D eigenvalue weighted by molar-refractivity contribution is 6.30. The van der Waals surface area contributed by atoms with Crippen LogP contribution in [0.1, 0.15) is 27.5 Å². The first kappa shape index (κ1) is 20.0. The highest BCUT2D eigenvalue weighted by Gasteiger charge is 2.19. The lowest BCUT2D eigenvalue weighted by molar-refractivity contribution is 0.0938. The maximum atomic E-state index is 13.4. The maximum absolute atomic E-state index is 13.4. The molecule has 0 atom stereocenters. The number of carbonyl (C=O) groups is 1. The van der Waals surface area contributed by atoms with Gasteiger partial charge < -0.3 is 9.73 Å². The zero-order chi connectivity index (χ0) is 22.2. The molecular formula is C23H18ClN5O3. The zero-order valence-electron chi connectivity index (χ0n) is 17.1. The molecule has 5 aromatic rings. The minimum absolute atomic E-state index is 0.0819. The van der Waals surface area contributed by atoms with Gasteiger partial charge >= 0.3 is 0 Å². The first-order valence-electron chi connectivity index (χ1n) is 9.94. The number of aromatic nitrogens is 4. The third-order valence-corrected chi connectivity index (χ3v) is 5.41. The molecule has 32 heavy (non-hydrogen) atoms. The van der Waals surface area contributed by atoms with Crippen LogP contribution in [0.4, 0.5) is 0 Å². The normalized spacial score (nSPS) is 11.3. The van der Waals surface area contributed by atoms with Crippen molar-refractivity contribution in [1.82, 2.24) is 24.5 Å². The van der Waals surface area contributed by atoms with E-state index in [2.05, 4.69) is 15.4 Å². The Balaban J connectivity index is 1.60. The number of amides is 1. The Morgan fingerprint density at radius 2 is 1.94 bits per heavy atom. The van der Waals surface area contributed by atoms with Gasteiger partial charge in [-0.05, 0) is 54.4 Å². The van der Waals surface area contributed by atoms with Crippen molar-refractivity contribution in [2.75, 3.05) is 0 Å². The molecule has 0 aliphatic heterocycles. The quantitative estimate of drug-likeness (QED) is 0.444. The van der Waals surface area contributed by atoms with E-state index < -0.39 is 5.91 Å². The fraction of sp³-hybridized carbons (Fsp3) is 0.130. The third kappa shape index (κ3) is 3.65. The van der Waals surface area contributed by atoms with Crippen LogP contribution in [0.25, 0.3) is 16.7 Å². The van der Waals surface area contributed by atoms with Gasteiger partial charge in [0.05, 0.1) is 30.4 Å². The van der Waals surface area contributed by atoms with Gasteiger partial charge in [0.25, 0.3) is 11.5 Å². The van der Waals surface area contributed by atoms with Crippen LogP contribution in [0.3, 0.4) is 0 Å². The van der Waals surface area contributed by atoms with Crippen molar-refractivity contribution in [1.29, 1.82) is 0 Å². The standard InChI is InChI=1S/C23H18ClN5O3/c1-14-4-9-18-19(11-14)28(13-15-5-7-16(24)8-6-15)23(31)21-26-20(27-29(18)21)22(30)25-12-17-3-2-10-32-17/h2-11H,12-13H2,1H3,(H,25,30). The molecule has 0 aliphatic carbocycles. The molecule has 0 aliphatic rings. The number of furan rings is 1. The predicted octanol–water partition coefficient (Wildman–Crippen LogP) is 3.58. The first-order valence-corrected chi connectivity index (χ1v) is 10.3. The SMILES string of the molecule is Cc1ccc2c(c1)n(Cc1ccc(Cl)cc1)c(=O)c1nc(C(=O)NCc3ccco3)nn12. The van der Waals surface area contributed by atoms with E-state index in [4.69, 9.17) is 16.0 Å². The Morgan fingerprint density at radius 1 is 1.12 bits per heavy atom. The smallest absolute Gasteiger partial charge is 0.296 e. The summed E-state index contributed by atoms with van der Waals surface area (Å²) in [6.45, 7) is 2.48. The van der Waals surface area contributed by atoms with Crippen molar-refractivity contribution >= 4 is 34.2 Å². The van der Waals surface area contributed by atoms with Crippen molar-refractivity contribution in [3.05, 3.63) is 98.9 Å². The second-order valence-corrected chi connectivity index (χ2v) is 7.88. The molecule has 2 aromatic carbocycles. The van der Waals surface area contributed by atoms with Crippen molar-refractivity contribution in [3.8, 4) is 0 Å². The van der Waals surface area contributed by atoms with Crippen LogP contribution in [0.5, 0.6) is 0 Å². The second-order valence-electron chi connectivity index (χ2n) is 7.44. The number of nitrogens with one attached hydrogen (secondary N) is 1. The number of fused-ring (bicyclic) bond motifs is 3. The van der Waals surface area contributed by atoms with E-state index >= 15 is 0 Å². The number of nitrogens with zero attached hydrogens (tertiary/aromatic N) is 4. The van der Waals surface area contributed by atoms with Gasteiger partial charge in [0.2, 0.25) is 11.5 Å². The van der Waals surface area contributed by atoms with Crippen molar-refractivity contribution in [3.63, 3.8) is 0 Å². The maximum Gasteiger partial charge on any atom is 0.296 e. The summed E-state index contributed by atoms with van der Waals surface area (Å²) in [5.74, 6) is 0.0298. The Morgan fingerprint density at radius 3 is 2.69 bits per heavy atom. The lowest BCUT2D eigenvalue weighted by Gasteiger charge is -2.12. The van der Waals surface area contributed by atoms with Gasteiger partial charge in [0.1, 0.15) is 5.76 Å². The molecule has 1 N–H and O–H groups in total. The molecule has 0 spiro atoms. The molecule has 0 unspecified atom stereocenters. The Hall–Kier alpha value is -3.91. The van der Waals surface area contributed by atoms with E-state index in [0.717, 1.165) is 11.1 Å². The summed E-state index contributed by atoms with van der Waals surface area (Å²) in [4.78, 5) is 30.2. The van der Waals surface area contributed by atoms with Gasteiger partial charge in [-0.2, -0.15) is 4.98 Å². The molecule has 9 heteroatoms. The molecule has 0 saturated heterocycles. The number of benzene rings is 2. The van der Waals surface area contributed by atoms with Crippen LogP contribution >= 0.6 is 11.6 Å². The fourth-order valence-electron chi connectivity index (χ4n) is 3.56. The molecule has 5 rings (SSSR count). The summed E-state index contributed by atoms with van der Waals surface area (Å²) in [5, 5.41) is 7.65. The van der Waals surface area contributed by atoms with Crippen molar-refractivity contribution in [2.45, 2.75) is 20.0 Å². The average Bonchev–Trinajstić information content (AvgIpc) is 3.46. The second kappa shape index (κ2) is 7.97. The lowest BCUT2D eigenvalue weighted by atomic mass is 10.2. The highest BCUT2D eigenvalue weighted by Crippen LogP contribution is 2.18. The summed E-state index contributed by atoms with van der Waals surface area (Å²) in [7, 11) is 0. The molecule has 0 bridgehead atoms. The lowest BCUT2D eigenvalue weighted by Crippen LogP contribution is -2.24. The Kier molecular flexibility index (Phi) is 4.99. The number of rotatable bonds is 5. The van der Waals surface area contributed by atoms with Crippen LogP contribution in [-0.4, -0.2) is 25.1 Å². The van der Waals surface area contributed by atoms with E-state index in [1.54, 1.807) is 28.8 Å². The van der Waals surface area contributed by atoms with Gasteiger partial charge in [-0.1, -0.05) is 29.8 Å². The van der Waals surface area contributed by atoms with E-state index in [9.17, 15) is 9.59 Å². The average molecular weight is 448 g/mol. The fourth-order valence-corrected chi connectivity index (χ4v) is 3.69. The van der Waals surface area contributed by atoms with E-state index in [1.807, 2.05) is 37.3 Å². The van der Waals surface area contributed by atoms with Crippen LogP contribution < -0.4 is 10.9 Å². The molecule has 0 saturated carbocycles. The van der Waals surface area contributed by atoms with Gasteiger partial charge in [0, 0.05) is 5.02 Å². The number of hydrogen-bond acceptors (Lipinski definition) is 5. The minimum Gasteiger partial charge on any atom is -0.467 e. The predicted molar refractivity (Wildman–Crippen MR) is 120 cm³/mol. The molecule has 3 heterocycles. The van der Waals surface area contributed by atoms with Crippen molar-refractivity contribution < 1.29 is 9.21 Å². The summed E-state index contributed by atoms with van der Waals surface area (Å²) >= 11 is 6.00. The van der Waals surface area contributed by atoms with E-state index in [0.29, 0.717) is 28.4 Å².